The van der Waals surface area contributed by atoms with Gasteiger partial charge in [-0.15, -0.1) is 0 Å². The van der Waals surface area contributed by atoms with Crippen LogP contribution in [0.4, 0.5) is 0 Å². The highest BCUT2D eigenvalue weighted by Gasteiger charge is 2.39. The van der Waals surface area contributed by atoms with Crippen LogP contribution in [0.2, 0.25) is 0 Å². The Morgan fingerprint density at radius 2 is 1.90 bits per heavy atom. The summed E-state index contributed by atoms with van der Waals surface area (Å²) in [5, 5.41) is 9.39. The van der Waals surface area contributed by atoms with Crippen LogP contribution in [0.5, 0.6) is 5.75 Å². The van der Waals surface area contributed by atoms with E-state index in [2.05, 4.69) is 11.9 Å². The summed E-state index contributed by atoms with van der Waals surface area (Å²) < 4.78 is 17.3. The first-order valence-corrected chi connectivity index (χ1v) is 10.8. The second-order valence-corrected chi connectivity index (χ2v) is 7.90. The minimum atomic E-state index is -0.523. The lowest BCUT2D eigenvalue weighted by atomic mass is 9.80. The van der Waals surface area contributed by atoms with Gasteiger partial charge in [-0.05, 0) is 50.6 Å². The van der Waals surface area contributed by atoms with Crippen molar-refractivity contribution in [3.05, 3.63) is 41.7 Å². The first kappa shape index (κ1) is 22.6. The number of allylic oxidation sites excluding steroid dienone is 1. The van der Waals surface area contributed by atoms with Gasteiger partial charge in [-0.3, -0.25) is 4.79 Å². The summed E-state index contributed by atoms with van der Waals surface area (Å²) in [6.45, 7) is 5.62. The third-order valence-electron chi connectivity index (χ3n) is 5.91. The molecule has 1 aromatic carbocycles. The van der Waals surface area contributed by atoms with E-state index in [1.165, 1.54) is 0 Å². The Hall–Kier alpha value is -2.09. The zero-order valence-electron chi connectivity index (χ0n) is 18.3. The molecule has 7 nitrogen and oxygen atoms in total. The Bertz CT molecular complexity index is 713. The van der Waals surface area contributed by atoms with Crippen LogP contribution in [-0.2, 0) is 14.3 Å². The number of carbonyl (C=O) groups is 1. The molecule has 2 aliphatic rings. The van der Waals surface area contributed by atoms with Crippen molar-refractivity contribution in [2.45, 2.75) is 32.0 Å². The maximum absolute atomic E-state index is 13.2. The highest BCUT2D eigenvalue weighted by atomic mass is 16.7. The molecule has 0 spiro atoms. The molecule has 3 atom stereocenters. The molecule has 1 amide bonds. The highest BCUT2D eigenvalue weighted by Crippen LogP contribution is 2.40. The first-order chi connectivity index (χ1) is 14.6. The molecule has 0 radical (unpaired) electrons. The minimum Gasteiger partial charge on any atom is -0.497 e. The molecule has 0 saturated carbocycles. The van der Waals surface area contributed by atoms with Crippen LogP contribution in [0.1, 0.15) is 31.2 Å². The van der Waals surface area contributed by atoms with Crippen molar-refractivity contribution in [1.29, 1.82) is 0 Å². The fraction of sp³-hybridized carbons (Fsp3) is 0.609. The van der Waals surface area contributed by atoms with Gasteiger partial charge in [0.25, 0.3) is 5.91 Å². The van der Waals surface area contributed by atoms with Gasteiger partial charge in [0.1, 0.15) is 5.75 Å². The maximum atomic E-state index is 13.2. The van der Waals surface area contributed by atoms with Gasteiger partial charge in [0.2, 0.25) is 6.29 Å². The molecule has 1 N–H and O–H groups in total. The number of likely N-dealkylation sites (N-methyl/N-ethyl adjacent to an activating group) is 1. The summed E-state index contributed by atoms with van der Waals surface area (Å²) in [6, 6.07) is 7.91. The van der Waals surface area contributed by atoms with Crippen LogP contribution >= 0.6 is 0 Å². The Morgan fingerprint density at radius 1 is 1.20 bits per heavy atom. The van der Waals surface area contributed by atoms with E-state index < -0.39 is 6.29 Å². The second kappa shape index (κ2) is 10.8. The zero-order chi connectivity index (χ0) is 21.5. The molecular formula is C23H34N2O5. The lowest BCUT2D eigenvalue weighted by molar-refractivity contribution is -0.170. The van der Waals surface area contributed by atoms with Crippen LogP contribution in [0, 0.1) is 5.92 Å². The number of carbonyl (C=O) groups excluding carboxylic acids is 1. The van der Waals surface area contributed by atoms with Crippen molar-refractivity contribution in [2.24, 2.45) is 5.92 Å². The van der Waals surface area contributed by atoms with Crippen LogP contribution in [0.3, 0.4) is 0 Å². The maximum Gasteiger partial charge on any atom is 0.288 e. The summed E-state index contributed by atoms with van der Waals surface area (Å²) in [7, 11) is 3.71. The second-order valence-electron chi connectivity index (χ2n) is 7.90. The Balaban J connectivity index is 1.91. The van der Waals surface area contributed by atoms with Crippen LogP contribution < -0.4 is 4.74 Å². The SMILES string of the molecule is CCO[C@@H]1OC(C(=O)N2CCN(C)CC2)=C[C@H](c2ccc(OC)cc2)[C@@H]1CCCO. The summed E-state index contributed by atoms with van der Waals surface area (Å²) in [6.07, 6.45) is 2.81. The monoisotopic (exact) mass is 418 g/mol. The molecule has 0 aliphatic carbocycles. The molecule has 1 saturated heterocycles. The lowest BCUT2D eigenvalue weighted by Gasteiger charge is -2.39. The van der Waals surface area contributed by atoms with Crippen molar-refractivity contribution in [1.82, 2.24) is 9.80 Å². The fourth-order valence-electron chi connectivity index (χ4n) is 4.13. The Kier molecular flexibility index (Phi) is 8.13. The van der Waals surface area contributed by atoms with Gasteiger partial charge in [0.15, 0.2) is 5.76 Å². The third-order valence-corrected chi connectivity index (χ3v) is 5.91. The molecule has 1 aromatic rings. The van der Waals surface area contributed by atoms with Crippen molar-refractivity contribution in [3.63, 3.8) is 0 Å². The van der Waals surface area contributed by atoms with Gasteiger partial charge in [-0.2, -0.15) is 0 Å². The van der Waals surface area contributed by atoms with Crippen LogP contribution in [-0.4, -0.2) is 80.7 Å². The molecular weight excluding hydrogens is 384 g/mol. The topological polar surface area (TPSA) is 71.5 Å². The van der Waals surface area contributed by atoms with E-state index in [4.69, 9.17) is 14.2 Å². The highest BCUT2D eigenvalue weighted by molar-refractivity contribution is 5.92. The average Bonchev–Trinajstić information content (AvgIpc) is 2.78. The van der Waals surface area contributed by atoms with Gasteiger partial charge in [0, 0.05) is 51.2 Å². The molecule has 30 heavy (non-hydrogen) atoms. The molecule has 7 heteroatoms. The normalized spacial score (nSPS) is 24.9. The van der Waals surface area contributed by atoms with Gasteiger partial charge < -0.3 is 29.1 Å². The van der Waals surface area contributed by atoms with Crippen molar-refractivity contribution < 1.29 is 24.1 Å². The van der Waals surface area contributed by atoms with E-state index in [0.717, 1.165) is 30.8 Å². The number of piperazine rings is 1. The van der Waals surface area contributed by atoms with Crippen LogP contribution in [0.15, 0.2) is 36.1 Å². The molecule has 166 valence electrons. The average molecular weight is 419 g/mol. The van der Waals surface area contributed by atoms with E-state index in [-0.39, 0.29) is 24.3 Å². The van der Waals surface area contributed by atoms with E-state index in [9.17, 15) is 9.90 Å². The summed E-state index contributed by atoms with van der Waals surface area (Å²) in [4.78, 5) is 17.3. The predicted molar refractivity (Wildman–Crippen MR) is 114 cm³/mol. The van der Waals surface area contributed by atoms with Crippen LogP contribution in [0.25, 0.3) is 0 Å². The summed E-state index contributed by atoms with van der Waals surface area (Å²) >= 11 is 0. The third kappa shape index (κ3) is 5.33. The van der Waals surface area contributed by atoms with E-state index >= 15 is 0 Å². The van der Waals surface area contributed by atoms with E-state index in [0.29, 0.717) is 31.9 Å². The zero-order valence-corrected chi connectivity index (χ0v) is 18.3. The van der Waals surface area contributed by atoms with E-state index in [1.807, 2.05) is 42.2 Å². The van der Waals surface area contributed by atoms with Crippen molar-refractivity contribution >= 4 is 5.91 Å². The Labute approximate surface area is 179 Å². The molecule has 1 fully saturated rings. The molecule has 0 aromatic heterocycles. The van der Waals surface area contributed by atoms with Gasteiger partial charge in [-0.1, -0.05) is 12.1 Å². The first-order valence-electron chi connectivity index (χ1n) is 10.8. The lowest BCUT2D eigenvalue weighted by Crippen LogP contribution is -2.49. The molecule has 3 rings (SSSR count). The van der Waals surface area contributed by atoms with Gasteiger partial charge >= 0.3 is 0 Å². The number of ether oxygens (including phenoxy) is 3. The fourth-order valence-corrected chi connectivity index (χ4v) is 4.13. The largest absolute Gasteiger partial charge is 0.497 e. The number of benzene rings is 1. The molecule has 0 bridgehead atoms. The number of methoxy groups -OCH3 is 1. The summed E-state index contributed by atoms with van der Waals surface area (Å²) in [5.41, 5.74) is 1.08. The Morgan fingerprint density at radius 3 is 2.50 bits per heavy atom. The summed E-state index contributed by atoms with van der Waals surface area (Å²) in [5.74, 6) is 1.04. The number of rotatable bonds is 8. The van der Waals surface area contributed by atoms with Gasteiger partial charge in [-0.25, -0.2) is 0 Å². The van der Waals surface area contributed by atoms with E-state index in [1.54, 1.807) is 7.11 Å². The molecule has 2 aliphatic heterocycles. The van der Waals surface area contributed by atoms with Gasteiger partial charge in [0.05, 0.1) is 7.11 Å². The smallest absolute Gasteiger partial charge is 0.288 e. The number of aliphatic hydroxyl groups excluding tert-OH is 1. The predicted octanol–water partition coefficient (Wildman–Crippen LogP) is 2.22. The molecule has 2 heterocycles. The quantitative estimate of drug-likeness (QED) is 0.698. The number of hydrogen-bond acceptors (Lipinski definition) is 6. The number of nitrogens with zero attached hydrogens (tertiary/aromatic N) is 2. The standard InChI is InChI=1S/C23H34N2O5/c1-4-29-23-19(6-5-15-26)20(17-7-9-18(28-3)10-8-17)16-21(30-23)22(27)25-13-11-24(2)12-14-25/h7-10,16,19-20,23,26H,4-6,11-15H2,1-3H3/t19-,20+,23+/m0/s1. The number of aliphatic hydroxyl groups is 1. The number of amides is 1. The minimum absolute atomic E-state index is 0.00883. The number of hydrogen-bond donors (Lipinski definition) is 1. The van der Waals surface area contributed by atoms with Crippen molar-refractivity contribution in [2.75, 3.05) is 53.6 Å². The molecule has 0 unspecified atom stereocenters. The van der Waals surface area contributed by atoms with Crippen molar-refractivity contribution in [3.8, 4) is 5.75 Å².